The standard InChI is InChI=1S/C17H29N3O/c1-6-12(2)10-13(3)19-17(21)20-16-9-7-8-15(11-16)14(4)18-5/h7-9,11-14,18H,6,10H2,1-5H3,(H2,19,20,21). The van der Waals surface area contributed by atoms with Crippen LogP contribution in [0.4, 0.5) is 10.5 Å². The van der Waals surface area contributed by atoms with Gasteiger partial charge < -0.3 is 16.0 Å². The maximum absolute atomic E-state index is 12.0. The zero-order chi connectivity index (χ0) is 15.8. The number of anilines is 1. The van der Waals surface area contributed by atoms with Gasteiger partial charge in [0.05, 0.1) is 0 Å². The van der Waals surface area contributed by atoms with Crippen LogP contribution in [0.3, 0.4) is 0 Å². The monoisotopic (exact) mass is 291 g/mol. The minimum absolute atomic E-state index is 0.139. The Kier molecular flexibility index (Phi) is 7.23. The van der Waals surface area contributed by atoms with Crippen LogP contribution in [-0.2, 0) is 0 Å². The number of hydrogen-bond donors (Lipinski definition) is 3. The second kappa shape index (κ2) is 8.67. The van der Waals surface area contributed by atoms with E-state index in [2.05, 4.69) is 42.8 Å². The molecular weight excluding hydrogens is 262 g/mol. The summed E-state index contributed by atoms with van der Waals surface area (Å²) in [6.07, 6.45) is 2.14. The lowest BCUT2D eigenvalue weighted by Crippen LogP contribution is -2.37. The van der Waals surface area contributed by atoms with E-state index in [1.807, 2.05) is 32.2 Å². The van der Waals surface area contributed by atoms with E-state index in [1.165, 1.54) is 0 Å². The molecule has 3 atom stereocenters. The number of benzene rings is 1. The highest BCUT2D eigenvalue weighted by molar-refractivity contribution is 5.89. The van der Waals surface area contributed by atoms with Crippen molar-refractivity contribution in [1.29, 1.82) is 0 Å². The second-order valence-electron chi connectivity index (χ2n) is 5.88. The van der Waals surface area contributed by atoms with Gasteiger partial charge in [-0.1, -0.05) is 32.4 Å². The molecule has 0 fully saturated rings. The summed E-state index contributed by atoms with van der Waals surface area (Å²) in [5.41, 5.74) is 1.98. The summed E-state index contributed by atoms with van der Waals surface area (Å²) >= 11 is 0. The Hall–Kier alpha value is -1.55. The first kappa shape index (κ1) is 17.5. The average molecular weight is 291 g/mol. The Labute approximate surface area is 128 Å². The van der Waals surface area contributed by atoms with Crippen molar-refractivity contribution in [3.63, 3.8) is 0 Å². The van der Waals surface area contributed by atoms with Gasteiger partial charge in [0, 0.05) is 17.8 Å². The molecule has 1 aromatic rings. The van der Waals surface area contributed by atoms with Gasteiger partial charge in [-0.15, -0.1) is 0 Å². The third-order valence-corrected chi connectivity index (χ3v) is 3.91. The van der Waals surface area contributed by atoms with Crippen LogP contribution >= 0.6 is 0 Å². The molecule has 0 saturated carbocycles. The molecule has 4 nitrogen and oxygen atoms in total. The van der Waals surface area contributed by atoms with E-state index in [0.717, 1.165) is 24.1 Å². The molecule has 3 N–H and O–H groups in total. The molecule has 1 rings (SSSR count). The van der Waals surface area contributed by atoms with Crippen molar-refractivity contribution < 1.29 is 4.79 Å². The Morgan fingerprint density at radius 3 is 2.57 bits per heavy atom. The summed E-state index contributed by atoms with van der Waals surface area (Å²) in [6.45, 7) is 8.52. The summed E-state index contributed by atoms with van der Waals surface area (Å²) in [6, 6.07) is 8.22. The Morgan fingerprint density at radius 2 is 1.95 bits per heavy atom. The fourth-order valence-electron chi connectivity index (χ4n) is 2.27. The van der Waals surface area contributed by atoms with Crippen LogP contribution < -0.4 is 16.0 Å². The number of carbonyl (C=O) groups excluding carboxylic acids is 1. The predicted molar refractivity (Wildman–Crippen MR) is 89.6 cm³/mol. The SMILES string of the molecule is CCC(C)CC(C)NC(=O)Nc1cccc(C(C)NC)c1. The van der Waals surface area contributed by atoms with E-state index >= 15 is 0 Å². The molecule has 0 saturated heterocycles. The first-order chi connectivity index (χ1) is 9.96. The Morgan fingerprint density at radius 1 is 1.24 bits per heavy atom. The van der Waals surface area contributed by atoms with Gasteiger partial charge >= 0.3 is 6.03 Å². The molecule has 0 radical (unpaired) electrons. The molecule has 3 unspecified atom stereocenters. The third kappa shape index (κ3) is 6.17. The van der Waals surface area contributed by atoms with Crippen LogP contribution in [0.25, 0.3) is 0 Å². The van der Waals surface area contributed by atoms with Crippen molar-refractivity contribution in [1.82, 2.24) is 10.6 Å². The predicted octanol–water partition coefficient (Wildman–Crippen LogP) is 3.91. The van der Waals surface area contributed by atoms with E-state index in [-0.39, 0.29) is 18.1 Å². The van der Waals surface area contributed by atoms with Crippen molar-refractivity contribution >= 4 is 11.7 Å². The van der Waals surface area contributed by atoms with E-state index in [9.17, 15) is 4.79 Å². The molecule has 0 aromatic heterocycles. The number of hydrogen-bond acceptors (Lipinski definition) is 2. The molecule has 4 heteroatoms. The van der Waals surface area contributed by atoms with Gasteiger partial charge in [-0.25, -0.2) is 4.79 Å². The summed E-state index contributed by atoms with van der Waals surface area (Å²) < 4.78 is 0. The molecule has 0 bridgehead atoms. The minimum atomic E-state index is -0.139. The van der Waals surface area contributed by atoms with Crippen LogP contribution in [0.2, 0.25) is 0 Å². The average Bonchev–Trinajstić information content (AvgIpc) is 2.46. The zero-order valence-electron chi connectivity index (χ0n) is 13.9. The molecule has 0 heterocycles. The number of amides is 2. The smallest absolute Gasteiger partial charge is 0.319 e. The van der Waals surface area contributed by atoms with Gasteiger partial charge in [0.15, 0.2) is 0 Å². The topological polar surface area (TPSA) is 53.2 Å². The van der Waals surface area contributed by atoms with E-state index < -0.39 is 0 Å². The van der Waals surface area contributed by atoms with E-state index in [4.69, 9.17) is 0 Å². The largest absolute Gasteiger partial charge is 0.335 e. The highest BCUT2D eigenvalue weighted by Crippen LogP contribution is 2.17. The first-order valence-corrected chi connectivity index (χ1v) is 7.81. The van der Waals surface area contributed by atoms with Gasteiger partial charge in [-0.05, 0) is 50.9 Å². The summed E-state index contributed by atoms with van der Waals surface area (Å²) in [5, 5.41) is 9.09. The maximum atomic E-state index is 12.0. The summed E-state index contributed by atoms with van der Waals surface area (Å²) in [7, 11) is 1.92. The molecule has 1 aromatic carbocycles. The molecule has 118 valence electrons. The van der Waals surface area contributed by atoms with Crippen molar-refractivity contribution in [2.45, 2.75) is 52.6 Å². The fraction of sp³-hybridized carbons (Fsp3) is 0.588. The number of urea groups is 1. The minimum Gasteiger partial charge on any atom is -0.335 e. The van der Waals surface area contributed by atoms with Gasteiger partial charge in [-0.2, -0.15) is 0 Å². The molecule has 21 heavy (non-hydrogen) atoms. The van der Waals surface area contributed by atoms with Crippen molar-refractivity contribution in [3.05, 3.63) is 29.8 Å². The highest BCUT2D eigenvalue weighted by atomic mass is 16.2. The van der Waals surface area contributed by atoms with Crippen LogP contribution in [0, 0.1) is 5.92 Å². The zero-order valence-corrected chi connectivity index (χ0v) is 13.9. The lowest BCUT2D eigenvalue weighted by molar-refractivity contribution is 0.247. The molecule has 0 spiro atoms. The van der Waals surface area contributed by atoms with Crippen LogP contribution in [0.15, 0.2) is 24.3 Å². The Bertz CT molecular complexity index is 447. The second-order valence-corrected chi connectivity index (χ2v) is 5.88. The quantitative estimate of drug-likeness (QED) is 0.713. The number of carbonyl (C=O) groups is 1. The third-order valence-electron chi connectivity index (χ3n) is 3.91. The van der Waals surface area contributed by atoms with Crippen LogP contribution in [0.5, 0.6) is 0 Å². The number of nitrogens with one attached hydrogen (secondary N) is 3. The number of rotatable bonds is 7. The molecule has 0 aliphatic rings. The molecule has 2 amide bonds. The fourth-order valence-corrected chi connectivity index (χ4v) is 2.27. The van der Waals surface area contributed by atoms with Crippen LogP contribution in [-0.4, -0.2) is 19.1 Å². The van der Waals surface area contributed by atoms with Gasteiger partial charge in [-0.3, -0.25) is 0 Å². The first-order valence-electron chi connectivity index (χ1n) is 7.81. The normalized spacial score (nSPS) is 15.1. The van der Waals surface area contributed by atoms with Crippen molar-refractivity contribution in [2.75, 3.05) is 12.4 Å². The lowest BCUT2D eigenvalue weighted by atomic mass is 10.0. The van der Waals surface area contributed by atoms with E-state index in [1.54, 1.807) is 0 Å². The Balaban J connectivity index is 2.55. The highest BCUT2D eigenvalue weighted by Gasteiger charge is 2.11. The van der Waals surface area contributed by atoms with Gasteiger partial charge in [0.25, 0.3) is 0 Å². The maximum Gasteiger partial charge on any atom is 0.319 e. The summed E-state index contributed by atoms with van der Waals surface area (Å²) in [4.78, 5) is 12.0. The molecule has 0 aliphatic carbocycles. The summed E-state index contributed by atoms with van der Waals surface area (Å²) in [5.74, 6) is 0.625. The van der Waals surface area contributed by atoms with Gasteiger partial charge in [0.1, 0.15) is 0 Å². The van der Waals surface area contributed by atoms with Crippen LogP contribution in [0.1, 0.15) is 52.1 Å². The van der Waals surface area contributed by atoms with Gasteiger partial charge in [0.2, 0.25) is 0 Å². The molecular formula is C17H29N3O. The van der Waals surface area contributed by atoms with Crippen molar-refractivity contribution in [3.8, 4) is 0 Å². The molecule has 0 aliphatic heterocycles. The van der Waals surface area contributed by atoms with Crippen molar-refractivity contribution in [2.24, 2.45) is 5.92 Å². The lowest BCUT2D eigenvalue weighted by Gasteiger charge is -2.18. The van der Waals surface area contributed by atoms with E-state index in [0.29, 0.717) is 5.92 Å².